The van der Waals surface area contributed by atoms with Gasteiger partial charge in [0.2, 0.25) is 17.5 Å². The lowest BCUT2D eigenvalue weighted by molar-refractivity contribution is -0.384. The number of hydrogen-bond donors (Lipinski definition) is 0. The highest BCUT2D eigenvalue weighted by atomic mass is 16.6. The Labute approximate surface area is 138 Å². The summed E-state index contributed by atoms with van der Waals surface area (Å²) in [5, 5.41) is 20.1. The maximum Gasteiger partial charge on any atom is 0.269 e. The lowest BCUT2D eigenvalue weighted by Crippen LogP contribution is -2.45. The maximum absolute atomic E-state index is 10.7. The molecule has 0 unspecified atom stereocenters. The van der Waals surface area contributed by atoms with Crippen molar-refractivity contribution in [1.82, 2.24) is 4.98 Å². The van der Waals surface area contributed by atoms with E-state index < -0.39 is 4.92 Å². The summed E-state index contributed by atoms with van der Waals surface area (Å²) in [6.07, 6.45) is 0.0430. The van der Waals surface area contributed by atoms with Gasteiger partial charge >= 0.3 is 0 Å². The molecule has 24 heavy (non-hydrogen) atoms. The Morgan fingerprint density at radius 2 is 1.92 bits per heavy atom. The molecular formula is C16H16N4O4. The Morgan fingerprint density at radius 1 is 1.29 bits per heavy atom. The zero-order chi connectivity index (χ0) is 17.3. The highest BCUT2D eigenvalue weighted by molar-refractivity contribution is 5.61. The summed E-state index contributed by atoms with van der Waals surface area (Å²) < 4.78 is 11.5. The van der Waals surface area contributed by atoms with Crippen molar-refractivity contribution < 1.29 is 14.1 Å². The van der Waals surface area contributed by atoms with Crippen LogP contribution in [-0.2, 0) is 4.74 Å². The molecule has 1 aromatic heterocycles. The standard InChI is InChI=1S/C16H16N4O4/c1-10-8-19(9-11(2)23-10)16-14(7-17)18-15(24-16)12-3-5-13(6-4-12)20(21)22/h3-6,10-11H,8-9H2,1-2H3/t10-,11+. The molecule has 0 bridgehead atoms. The molecule has 0 saturated carbocycles. The van der Waals surface area contributed by atoms with Crippen molar-refractivity contribution in [2.45, 2.75) is 26.1 Å². The van der Waals surface area contributed by atoms with Crippen LogP contribution in [0.5, 0.6) is 0 Å². The number of aromatic nitrogens is 1. The van der Waals surface area contributed by atoms with Gasteiger partial charge in [-0.3, -0.25) is 10.1 Å². The molecule has 0 aliphatic carbocycles. The van der Waals surface area contributed by atoms with Crippen molar-refractivity contribution in [3.63, 3.8) is 0 Å². The largest absolute Gasteiger partial charge is 0.419 e. The normalized spacial score (nSPS) is 20.6. The molecule has 1 aliphatic heterocycles. The molecule has 0 radical (unpaired) electrons. The van der Waals surface area contributed by atoms with Crippen molar-refractivity contribution in [2.24, 2.45) is 0 Å². The van der Waals surface area contributed by atoms with Crippen LogP contribution in [0.2, 0.25) is 0 Å². The third-order valence-corrected chi connectivity index (χ3v) is 3.75. The molecule has 0 amide bonds. The number of nitriles is 1. The summed E-state index contributed by atoms with van der Waals surface area (Å²) in [5.41, 5.74) is 0.768. The summed E-state index contributed by atoms with van der Waals surface area (Å²) in [6.45, 7) is 5.13. The van der Waals surface area contributed by atoms with Crippen LogP contribution >= 0.6 is 0 Å². The van der Waals surface area contributed by atoms with E-state index in [2.05, 4.69) is 4.98 Å². The van der Waals surface area contributed by atoms with E-state index in [1.807, 2.05) is 24.8 Å². The molecule has 3 rings (SSSR count). The fraction of sp³-hybridized carbons (Fsp3) is 0.375. The zero-order valence-electron chi connectivity index (χ0n) is 13.3. The fourth-order valence-corrected chi connectivity index (χ4v) is 2.79. The summed E-state index contributed by atoms with van der Waals surface area (Å²) in [7, 11) is 0. The van der Waals surface area contributed by atoms with E-state index in [9.17, 15) is 15.4 Å². The highest BCUT2D eigenvalue weighted by Crippen LogP contribution is 2.30. The molecule has 1 fully saturated rings. The summed E-state index contributed by atoms with van der Waals surface area (Å²) >= 11 is 0. The number of morpholine rings is 1. The topological polar surface area (TPSA) is 105 Å². The van der Waals surface area contributed by atoms with Crippen LogP contribution in [0.4, 0.5) is 11.6 Å². The van der Waals surface area contributed by atoms with Crippen LogP contribution in [0, 0.1) is 21.4 Å². The number of oxazole rings is 1. The molecular weight excluding hydrogens is 312 g/mol. The minimum atomic E-state index is -0.470. The van der Waals surface area contributed by atoms with E-state index in [0.29, 0.717) is 24.5 Å². The van der Waals surface area contributed by atoms with Crippen LogP contribution in [0.1, 0.15) is 19.5 Å². The van der Waals surface area contributed by atoms with Gasteiger partial charge in [-0.25, -0.2) is 0 Å². The summed E-state index contributed by atoms with van der Waals surface area (Å²) in [4.78, 5) is 16.4. The van der Waals surface area contributed by atoms with Crippen LogP contribution in [0.25, 0.3) is 11.5 Å². The lowest BCUT2D eigenvalue weighted by atomic mass is 10.2. The number of anilines is 1. The fourth-order valence-electron chi connectivity index (χ4n) is 2.79. The lowest BCUT2D eigenvalue weighted by Gasteiger charge is -2.34. The van der Waals surface area contributed by atoms with Gasteiger partial charge in [0, 0.05) is 30.8 Å². The number of benzene rings is 1. The second-order valence-corrected chi connectivity index (χ2v) is 5.75. The van der Waals surface area contributed by atoms with E-state index in [4.69, 9.17) is 9.15 Å². The van der Waals surface area contributed by atoms with Crippen molar-refractivity contribution in [3.8, 4) is 17.5 Å². The molecule has 1 saturated heterocycles. The molecule has 124 valence electrons. The zero-order valence-corrected chi connectivity index (χ0v) is 13.3. The van der Waals surface area contributed by atoms with Gasteiger partial charge in [-0.05, 0) is 26.0 Å². The quantitative estimate of drug-likeness (QED) is 0.630. The minimum Gasteiger partial charge on any atom is -0.419 e. The van der Waals surface area contributed by atoms with E-state index >= 15 is 0 Å². The number of rotatable bonds is 3. The second kappa shape index (κ2) is 6.29. The van der Waals surface area contributed by atoms with Gasteiger partial charge < -0.3 is 14.1 Å². The van der Waals surface area contributed by atoms with Gasteiger partial charge in [0.1, 0.15) is 6.07 Å². The minimum absolute atomic E-state index is 0.0122. The first-order valence-electron chi connectivity index (χ1n) is 7.54. The smallest absolute Gasteiger partial charge is 0.269 e. The maximum atomic E-state index is 10.7. The predicted octanol–water partition coefficient (Wildman–Crippen LogP) is 2.74. The first-order chi connectivity index (χ1) is 11.5. The van der Waals surface area contributed by atoms with Gasteiger partial charge in [0.05, 0.1) is 17.1 Å². The number of ether oxygens (including phenoxy) is 1. The monoisotopic (exact) mass is 328 g/mol. The molecule has 2 aromatic rings. The van der Waals surface area contributed by atoms with Crippen LogP contribution < -0.4 is 4.90 Å². The van der Waals surface area contributed by atoms with Crippen molar-refractivity contribution in [3.05, 3.63) is 40.1 Å². The van der Waals surface area contributed by atoms with E-state index in [1.165, 1.54) is 12.1 Å². The molecule has 8 nitrogen and oxygen atoms in total. The Balaban J connectivity index is 1.93. The van der Waals surface area contributed by atoms with Gasteiger partial charge in [0.15, 0.2) is 0 Å². The third kappa shape index (κ3) is 3.07. The number of nitro groups is 1. The predicted molar refractivity (Wildman–Crippen MR) is 85.5 cm³/mol. The van der Waals surface area contributed by atoms with Gasteiger partial charge in [-0.2, -0.15) is 10.2 Å². The van der Waals surface area contributed by atoms with E-state index in [0.717, 1.165) is 0 Å². The SMILES string of the molecule is C[C@@H]1CN(c2oc(-c3ccc([N+](=O)[O-])cc3)nc2C#N)C[C@H](C)O1. The number of non-ortho nitro benzene ring substituents is 1. The number of hydrogen-bond acceptors (Lipinski definition) is 7. The van der Waals surface area contributed by atoms with Crippen LogP contribution in [0.3, 0.4) is 0 Å². The first-order valence-corrected chi connectivity index (χ1v) is 7.54. The molecule has 0 spiro atoms. The van der Waals surface area contributed by atoms with Gasteiger partial charge in [0.25, 0.3) is 5.69 Å². The summed E-state index contributed by atoms with van der Waals surface area (Å²) in [5.74, 6) is 0.677. The van der Waals surface area contributed by atoms with Crippen molar-refractivity contribution >= 4 is 11.6 Å². The van der Waals surface area contributed by atoms with E-state index in [-0.39, 0.29) is 29.5 Å². The third-order valence-electron chi connectivity index (χ3n) is 3.75. The molecule has 1 aliphatic rings. The van der Waals surface area contributed by atoms with Gasteiger partial charge in [-0.15, -0.1) is 0 Å². The average Bonchev–Trinajstić information content (AvgIpc) is 2.98. The molecule has 1 aromatic carbocycles. The Hall–Kier alpha value is -2.92. The van der Waals surface area contributed by atoms with Gasteiger partial charge in [-0.1, -0.05) is 0 Å². The Bertz CT molecular complexity index is 783. The Morgan fingerprint density at radius 3 is 2.46 bits per heavy atom. The second-order valence-electron chi connectivity index (χ2n) is 5.75. The number of nitro benzene ring substituents is 1. The van der Waals surface area contributed by atoms with Crippen LogP contribution in [0.15, 0.2) is 28.7 Å². The highest BCUT2D eigenvalue weighted by Gasteiger charge is 2.28. The summed E-state index contributed by atoms with van der Waals surface area (Å²) in [6, 6.07) is 7.91. The number of nitrogens with zero attached hydrogens (tertiary/aromatic N) is 4. The first kappa shape index (κ1) is 16.0. The average molecular weight is 328 g/mol. The molecule has 2 heterocycles. The van der Waals surface area contributed by atoms with E-state index in [1.54, 1.807) is 12.1 Å². The Kier molecular flexibility index (Phi) is 4.18. The van der Waals surface area contributed by atoms with Crippen LogP contribution in [-0.4, -0.2) is 35.2 Å². The molecule has 2 atom stereocenters. The molecule has 0 N–H and O–H groups in total. The van der Waals surface area contributed by atoms with Crippen molar-refractivity contribution in [2.75, 3.05) is 18.0 Å². The molecule has 8 heteroatoms. The van der Waals surface area contributed by atoms with Crippen molar-refractivity contribution in [1.29, 1.82) is 5.26 Å².